The van der Waals surface area contributed by atoms with Crippen LogP contribution in [0.15, 0.2) is 29.3 Å². The van der Waals surface area contributed by atoms with Gasteiger partial charge in [-0.25, -0.2) is 9.97 Å². The van der Waals surface area contributed by atoms with Gasteiger partial charge in [-0.3, -0.25) is 9.59 Å². The molecule has 2 heterocycles. The number of carbonyl (C=O) groups excluding carboxylic acids is 2. The summed E-state index contributed by atoms with van der Waals surface area (Å²) in [6.07, 6.45) is -2.19. The molecule has 0 saturated heterocycles. The van der Waals surface area contributed by atoms with Gasteiger partial charge in [-0.05, 0) is 30.9 Å². The number of alkyl halides is 3. The predicted molar refractivity (Wildman–Crippen MR) is 109 cm³/mol. The van der Waals surface area contributed by atoms with Crippen molar-refractivity contribution < 1.29 is 22.8 Å². The van der Waals surface area contributed by atoms with E-state index in [0.717, 1.165) is 41.5 Å². The van der Waals surface area contributed by atoms with Crippen LogP contribution in [0.3, 0.4) is 0 Å². The van der Waals surface area contributed by atoms with Gasteiger partial charge in [0.2, 0.25) is 11.7 Å². The number of carbonyl (C=O) groups is 2. The van der Waals surface area contributed by atoms with Crippen molar-refractivity contribution in [2.75, 3.05) is 11.1 Å². The lowest BCUT2D eigenvalue weighted by Gasteiger charge is -2.10. The molecule has 2 aromatic heterocycles. The van der Waals surface area contributed by atoms with Gasteiger partial charge in [0.25, 0.3) is 5.91 Å². The molecule has 1 aliphatic rings. The number of halogens is 3. The van der Waals surface area contributed by atoms with E-state index in [9.17, 15) is 22.8 Å². The van der Waals surface area contributed by atoms with Gasteiger partial charge in [0, 0.05) is 10.3 Å². The number of aryl methyl sites for hydroxylation is 1. The predicted octanol–water partition coefficient (Wildman–Crippen LogP) is 4.03. The summed E-state index contributed by atoms with van der Waals surface area (Å²) in [5.41, 5.74) is 6.84. The molecule has 156 valence electrons. The average molecular weight is 452 g/mol. The van der Waals surface area contributed by atoms with Crippen molar-refractivity contribution in [3.05, 3.63) is 46.1 Å². The Hall–Kier alpha value is -2.66. The minimum atomic E-state index is -4.70. The highest BCUT2D eigenvalue weighted by Gasteiger charge is 2.35. The molecule has 4 rings (SSSR count). The Morgan fingerprint density at radius 2 is 1.97 bits per heavy atom. The number of benzene rings is 1. The number of nitrogens with one attached hydrogen (secondary N) is 1. The fraction of sp³-hybridized carbons (Fsp3) is 0.263. The van der Waals surface area contributed by atoms with Crippen LogP contribution in [0.2, 0.25) is 0 Å². The van der Waals surface area contributed by atoms with E-state index in [4.69, 9.17) is 5.73 Å². The first-order valence-corrected chi connectivity index (χ1v) is 10.7. The minimum absolute atomic E-state index is 0.0619. The Bertz CT molecular complexity index is 1160. The van der Waals surface area contributed by atoms with Crippen molar-refractivity contribution in [1.29, 1.82) is 0 Å². The van der Waals surface area contributed by atoms with E-state index in [0.29, 0.717) is 16.0 Å². The normalized spacial score (nSPS) is 13.4. The van der Waals surface area contributed by atoms with Gasteiger partial charge in [-0.15, -0.1) is 11.3 Å². The van der Waals surface area contributed by atoms with Gasteiger partial charge in [-0.2, -0.15) is 13.2 Å². The number of thioether (sulfide) groups is 1. The number of nitrogens with two attached hydrogens (primary N) is 1. The molecular weight excluding hydrogens is 437 g/mol. The molecule has 0 atom stereocenters. The first kappa shape index (κ1) is 20.6. The smallest absolute Gasteiger partial charge is 0.365 e. The van der Waals surface area contributed by atoms with Crippen LogP contribution in [0.4, 0.5) is 18.2 Å². The summed E-state index contributed by atoms with van der Waals surface area (Å²) in [5.74, 6) is -2.50. The van der Waals surface area contributed by atoms with E-state index < -0.39 is 23.8 Å². The summed E-state index contributed by atoms with van der Waals surface area (Å²) in [4.78, 5) is 32.5. The van der Waals surface area contributed by atoms with E-state index in [1.165, 1.54) is 17.4 Å². The Balaban J connectivity index is 1.55. The fourth-order valence-corrected chi connectivity index (χ4v) is 5.46. The van der Waals surface area contributed by atoms with Gasteiger partial charge < -0.3 is 11.1 Å². The number of hydrogen-bond acceptors (Lipinski definition) is 6. The number of hydrogen-bond donors (Lipinski definition) is 2. The van der Waals surface area contributed by atoms with Gasteiger partial charge in [0.15, 0.2) is 0 Å². The summed E-state index contributed by atoms with van der Waals surface area (Å²) in [6.45, 7) is 0. The molecule has 11 heteroatoms. The Morgan fingerprint density at radius 3 is 2.70 bits per heavy atom. The highest BCUT2D eigenvalue weighted by Crippen LogP contribution is 2.39. The standard InChI is InChI=1S/C19H15F3N4O2S2/c20-19(21,22)18-24-11-6-2-1-4-9(11)16(26-18)29-8-13(27)25-17-14(15(23)28)10-5-3-7-12(10)30-17/h1-2,4,6H,3,5,7-8H2,(H2,23,28)(H,25,27). The second kappa shape index (κ2) is 7.88. The van der Waals surface area contributed by atoms with Gasteiger partial charge in [0.05, 0.1) is 16.8 Å². The fourth-order valence-electron chi connectivity index (χ4n) is 3.33. The molecule has 0 fully saturated rings. The SMILES string of the molecule is NC(=O)c1c(NC(=O)CSc2nc(C(F)(F)F)nc3ccccc23)sc2c1CCC2. The van der Waals surface area contributed by atoms with Crippen LogP contribution in [0, 0.1) is 0 Å². The molecule has 2 amide bonds. The van der Waals surface area contributed by atoms with Crippen molar-refractivity contribution >= 4 is 50.8 Å². The largest absolute Gasteiger partial charge is 0.451 e. The maximum Gasteiger partial charge on any atom is 0.451 e. The topological polar surface area (TPSA) is 98.0 Å². The van der Waals surface area contributed by atoms with E-state index in [1.807, 2.05) is 0 Å². The number of anilines is 1. The summed E-state index contributed by atoms with van der Waals surface area (Å²) < 4.78 is 39.4. The lowest BCUT2D eigenvalue weighted by Crippen LogP contribution is -2.19. The molecule has 30 heavy (non-hydrogen) atoms. The third-order valence-corrected chi connectivity index (χ3v) is 6.78. The molecule has 0 radical (unpaired) electrons. The van der Waals surface area contributed by atoms with Crippen LogP contribution in [0.5, 0.6) is 0 Å². The molecule has 3 N–H and O–H groups in total. The lowest BCUT2D eigenvalue weighted by atomic mass is 10.1. The van der Waals surface area contributed by atoms with Crippen LogP contribution in [0.1, 0.15) is 33.0 Å². The summed E-state index contributed by atoms with van der Waals surface area (Å²) in [6, 6.07) is 6.31. The van der Waals surface area contributed by atoms with Gasteiger partial charge in [0.1, 0.15) is 10.0 Å². The first-order chi connectivity index (χ1) is 14.2. The number of nitrogens with zero attached hydrogens (tertiary/aromatic N) is 2. The van der Waals surface area contributed by atoms with Gasteiger partial charge in [-0.1, -0.05) is 30.0 Å². The third kappa shape index (κ3) is 3.99. The van der Waals surface area contributed by atoms with Crippen LogP contribution in [0.25, 0.3) is 10.9 Å². The maximum atomic E-state index is 13.1. The molecule has 0 unspecified atom stereocenters. The zero-order chi connectivity index (χ0) is 21.5. The lowest BCUT2D eigenvalue weighted by molar-refractivity contribution is -0.145. The monoisotopic (exact) mass is 452 g/mol. The van der Waals surface area contributed by atoms with Crippen LogP contribution in [-0.2, 0) is 23.8 Å². The molecular formula is C19H15F3N4O2S2. The second-order valence-electron chi connectivity index (χ2n) is 6.63. The Kier molecular flexibility index (Phi) is 5.41. The van der Waals surface area contributed by atoms with Crippen molar-refractivity contribution in [1.82, 2.24) is 9.97 Å². The molecule has 0 aliphatic heterocycles. The number of rotatable bonds is 5. The van der Waals surface area contributed by atoms with E-state index in [1.54, 1.807) is 18.2 Å². The molecule has 0 saturated carbocycles. The summed E-state index contributed by atoms with van der Waals surface area (Å²) in [5, 5.41) is 3.56. The average Bonchev–Trinajstić information content (AvgIpc) is 3.25. The van der Waals surface area contributed by atoms with Crippen molar-refractivity contribution in [2.45, 2.75) is 30.5 Å². The van der Waals surface area contributed by atoms with Crippen molar-refractivity contribution in [2.24, 2.45) is 5.73 Å². The van der Waals surface area contributed by atoms with E-state index in [-0.39, 0.29) is 16.3 Å². The first-order valence-electron chi connectivity index (χ1n) is 8.95. The zero-order valence-electron chi connectivity index (χ0n) is 15.4. The molecule has 0 spiro atoms. The Labute approximate surface area is 177 Å². The summed E-state index contributed by atoms with van der Waals surface area (Å²) >= 11 is 2.20. The van der Waals surface area contributed by atoms with Crippen molar-refractivity contribution in [3.8, 4) is 0 Å². The molecule has 6 nitrogen and oxygen atoms in total. The minimum Gasteiger partial charge on any atom is -0.365 e. The third-order valence-electron chi connectivity index (χ3n) is 4.58. The maximum absolute atomic E-state index is 13.1. The number of para-hydroxylation sites is 1. The number of fused-ring (bicyclic) bond motifs is 2. The van der Waals surface area contributed by atoms with E-state index in [2.05, 4.69) is 15.3 Å². The Morgan fingerprint density at radius 1 is 1.20 bits per heavy atom. The second-order valence-corrected chi connectivity index (χ2v) is 8.70. The molecule has 1 aliphatic carbocycles. The van der Waals surface area contributed by atoms with Gasteiger partial charge >= 0.3 is 6.18 Å². The van der Waals surface area contributed by atoms with E-state index >= 15 is 0 Å². The number of amides is 2. The van der Waals surface area contributed by atoms with Crippen LogP contribution < -0.4 is 11.1 Å². The van der Waals surface area contributed by atoms with Crippen molar-refractivity contribution in [3.63, 3.8) is 0 Å². The highest BCUT2D eigenvalue weighted by atomic mass is 32.2. The quantitative estimate of drug-likeness (QED) is 0.450. The molecule has 0 bridgehead atoms. The summed E-state index contributed by atoms with van der Waals surface area (Å²) in [7, 11) is 0. The zero-order valence-corrected chi connectivity index (χ0v) is 17.0. The molecule has 3 aromatic rings. The number of thiophene rings is 1. The highest BCUT2D eigenvalue weighted by molar-refractivity contribution is 8.00. The van der Waals surface area contributed by atoms with Crippen LogP contribution >= 0.6 is 23.1 Å². The molecule has 1 aromatic carbocycles. The van der Waals surface area contributed by atoms with Crippen LogP contribution in [-0.4, -0.2) is 27.5 Å². The number of primary amides is 1. The number of aromatic nitrogens is 2.